The summed E-state index contributed by atoms with van der Waals surface area (Å²) in [6.45, 7) is 2.80. The fraction of sp³-hybridized carbons (Fsp3) is 0.185. The number of aromatic nitrogens is 2. The van der Waals surface area contributed by atoms with Crippen LogP contribution in [0.4, 0.5) is 21.8 Å². The van der Waals surface area contributed by atoms with Crippen molar-refractivity contribution in [3.63, 3.8) is 0 Å². The minimum absolute atomic E-state index is 0.0227. The molecule has 0 unspecified atom stereocenters. The Labute approximate surface area is 212 Å². The maximum absolute atomic E-state index is 14.7. The normalized spacial score (nSPS) is 17.4. The Balaban J connectivity index is 1.33. The number of anilines is 3. The third kappa shape index (κ3) is 4.54. The van der Waals surface area contributed by atoms with Crippen LogP contribution in [-0.4, -0.2) is 54.3 Å². The molecule has 186 valence electrons. The van der Waals surface area contributed by atoms with E-state index in [1.165, 1.54) is 6.07 Å². The Morgan fingerprint density at radius 2 is 1.68 bits per heavy atom. The van der Waals surface area contributed by atoms with E-state index >= 15 is 0 Å². The Morgan fingerprint density at radius 3 is 2.51 bits per heavy atom. The Kier molecular flexibility index (Phi) is 6.07. The SMILES string of the molecule is O=C1Nc2c(F)cccc2C(c2ccccc2)=N[C@H]1Nc1nnc(-c2ccccc2N2CCOCC2)o1. The van der Waals surface area contributed by atoms with Crippen LogP contribution < -0.4 is 15.5 Å². The third-order valence-electron chi connectivity index (χ3n) is 6.24. The number of fused-ring (bicyclic) bond motifs is 1. The van der Waals surface area contributed by atoms with Crippen LogP contribution in [0.1, 0.15) is 11.1 Å². The van der Waals surface area contributed by atoms with Crippen LogP contribution in [0.15, 0.2) is 82.2 Å². The highest BCUT2D eigenvalue weighted by Crippen LogP contribution is 2.32. The van der Waals surface area contributed by atoms with E-state index in [9.17, 15) is 9.18 Å². The topological polar surface area (TPSA) is 105 Å². The number of para-hydroxylation sites is 2. The second-order valence-electron chi connectivity index (χ2n) is 8.57. The highest BCUT2D eigenvalue weighted by molar-refractivity contribution is 6.19. The molecule has 1 amide bonds. The lowest BCUT2D eigenvalue weighted by Crippen LogP contribution is -2.36. The van der Waals surface area contributed by atoms with E-state index < -0.39 is 17.9 Å². The number of hydrogen-bond acceptors (Lipinski definition) is 8. The maximum Gasteiger partial charge on any atom is 0.317 e. The average Bonchev–Trinajstić information content (AvgIpc) is 3.36. The first-order valence-corrected chi connectivity index (χ1v) is 11.9. The van der Waals surface area contributed by atoms with Crippen molar-refractivity contribution in [3.05, 3.63) is 89.7 Å². The van der Waals surface area contributed by atoms with Gasteiger partial charge in [0.05, 0.1) is 30.2 Å². The molecular formula is C27H23FN6O3. The number of nitrogens with one attached hydrogen (secondary N) is 2. The van der Waals surface area contributed by atoms with Gasteiger partial charge in [0.15, 0.2) is 0 Å². The van der Waals surface area contributed by atoms with Crippen LogP contribution in [0.25, 0.3) is 11.5 Å². The summed E-state index contributed by atoms with van der Waals surface area (Å²) in [7, 11) is 0. The quantitative estimate of drug-likeness (QED) is 0.429. The lowest BCUT2D eigenvalue weighted by atomic mass is 10.0. The van der Waals surface area contributed by atoms with E-state index in [2.05, 4.69) is 30.7 Å². The van der Waals surface area contributed by atoms with E-state index in [4.69, 9.17) is 9.15 Å². The van der Waals surface area contributed by atoms with Crippen molar-refractivity contribution in [1.82, 2.24) is 10.2 Å². The number of hydrogen-bond donors (Lipinski definition) is 2. The van der Waals surface area contributed by atoms with Crippen LogP contribution in [0.2, 0.25) is 0 Å². The molecule has 0 aliphatic carbocycles. The first kappa shape index (κ1) is 22.9. The lowest BCUT2D eigenvalue weighted by molar-refractivity contribution is -0.116. The number of rotatable bonds is 5. The molecule has 1 saturated heterocycles. The van der Waals surface area contributed by atoms with Crippen LogP contribution in [0.3, 0.4) is 0 Å². The number of morpholine rings is 1. The molecule has 4 aromatic rings. The highest BCUT2D eigenvalue weighted by Gasteiger charge is 2.29. The first-order valence-electron chi connectivity index (χ1n) is 11.9. The second kappa shape index (κ2) is 9.82. The molecule has 0 saturated carbocycles. The van der Waals surface area contributed by atoms with Gasteiger partial charge in [-0.1, -0.05) is 59.7 Å². The molecule has 3 aromatic carbocycles. The number of aliphatic imine (C=N–C) groups is 1. The summed E-state index contributed by atoms with van der Waals surface area (Å²) in [5, 5.41) is 13.9. The Morgan fingerprint density at radius 1 is 0.919 bits per heavy atom. The molecule has 6 rings (SSSR count). The summed E-state index contributed by atoms with van der Waals surface area (Å²) in [5.74, 6) is -0.791. The van der Waals surface area contributed by atoms with Gasteiger partial charge in [-0.3, -0.25) is 4.79 Å². The molecule has 9 nitrogen and oxygen atoms in total. The molecule has 1 aromatic heterocycles. The molecule has 37 heavy (non-hydrogen) atoms. The molecular weight excluding hydrogens is 475 g/mol. The minimum atomic E-state index is -1.13. The molecule has 1 fully saturated rings. The molecule has 0 radical (unpaired) electrons. The largest absolute Gasteiger partial charge is 0.403 e. The van der Waals surface area contributed by atoms with Crippen molar-refractivity contribution in [1.29, 1.82) is 0 Å². The molecule has 2 N–H and O–H groups in total. The van der Waals surface area contributed by atoms with Crippen molar-refractivity contribution in [2.45, 2.75) is 6.17 Å². The van der Waals surface area contributed by atoms with Crippen LogP contribution in [0, 0.1) is 5.82 Å². The van der Waals surface area contributed by atoms with Gasteiger partial charge in [0, 0.05) is 29.9 Å². The third-order valence-corrected chi connectivity index (χ3v) is 6.24. The molecule has 3 heterocycles. The van der Waals surface area contributed by atoms with Crippen molar-refractivity contribution in [2.75, 3.05) is 41.8 Å². The van der Waals surface area contributed by atoms with Gasteiger partial charge in [-0.15, -0.1) is 5.10 Å². The predicted molar refractivity (Wildman–Crippen MR) is 137 cm³/mol. The zero-order valence-corrected chi connectivity index (χ0v) is 19.7. The van der Waals surface area contributed by atoms with E-state index in [0.717, 1.165) is 29.9 Å². The van der Waals surface area contributed by atoms with Crippen LogP contribution in [0.5, 0.6) is 0 Å². The smallest absolute Gasteiger partial charge is 0.317 e. The van der Waals surface area contributed by atoms with Crippen LogP contribution >= 0.6 is 0 Å². The van der Waals surface area contributed by atoms with Gasteiger partial charge in [-0.2, -0.15) is 0 Å². The van der Waals surface area contributed by atoms with Gasteiger partial charge < -0.3 is 24.7 Å². The maximum atomic E-state index is 14.7. The molecule has 1 atom stereocenters. The summed E-state index contributed by atoms with van der Waals surface area (Å²) in [5.41, 5.74) is 3.49. The van der Waals surface area contributed by atoms with E-state index in [1.807, 2.05) is 54.6 Å². The number of halogens is 1. The fourth-order valence-electron chi connectivity index (χ4n) is 4.46. The summed E-state index contributed by atoms with van der Waals surface area (Å²) in [6.07, 6.45) is -1.13. The number of nitrogens with zero attached hydrogens (tertiary/aromatic N) is 4. The van der Waals surface area contributed by atoms with Crippen molar-refractivity contribution in [2.24, 2.45) is 4.99 Å². The van der Waals surface area contributed by atoms with E-state index in [-0.39, 0.29) is 11.7 Å². The standard InChI is InChI=1S/C27H23FN6O3/c28-20-11-6-10-19-22(17-7-2-1-3-8-17)29-24(25(35)30-23(19)20)31-27-33-32-26(37-27)18-9-4-5-12-21(18)34-13-15-36-16-14-34/h1-12,24H,13-16H2,(H,30,35)(H,31,33)/t24-/m0/s1. The molecule has 2 aliphatic rings. The van der Waals surface area contributed by atoms with Gasteiger partial charge >= 0.3 is 6.01 Å². The van der Waals surface area contributed by atoms with Gasteiger partial charge in [0.25, 0.3) is 11.8 Å². The summed E-state index contributed by atoms with van der Waals surface area (Å²) < 4.78 is 26.1. The van der Waals surface area contributed by atoms with Gasteiger partial charge in [0.1, 0.15) is 5.82 Å². The number of carbonyl (C=O) groups is 1. The minimum Gasteiger partial charge on any atom is -0.403 e. The zero-order chi connectivity index (χ0) is 25.2. The van der Waals surface area contributed by atoms with Gasteiger partial charge in [-0.25, -0.2) is 9.38 Å². The molecule has 0 spiro atoms. The summed E-state index contributed by atoms with van der Waals surface area (Å²) in [6, 6.07) is 21.7. The monoisotopic (exact) mass is 498 g/mol. The van der Waals surface area contributed by atoms with E-state index in [1.54, 1.807) is 12.1 Å². The van der Waals surface area contributed by atoms with Crippen molar-refractivity contribution < 1.29 is 18.3 Å². The first-order chi connectivity index (χ1) is 18.2. The van der Waals surface area contributed by atoms with Gasteiger partial charge in [-0.05, 0) is 18.2 Å². The van der Waals surface area contributed by atoms with Gasteiger partial charge in [0.2, 0.25) is 6.17 Å². The fourth-order valence-corrected chi connectivity index (χ4v) is 4.46. The molecule has 10 heteroatoms. The number of benzene rings is 3. The second-order valence-corrected chi connectivity index (χ2v) is 8.57. The Bertz CT molecular complexity index is 1470. The van der Waals surface area contributed by atoms with Crippen LogP contribution in [-0.2, 0) is 9.53 Å². The average molecular weight is 499 g/mol. The number of ether oxygens (including phenoxy) is 1. The number of amides is 1. The van der Waals surface area contributed by atoms with Crippen molar-refractivity contribution in [3.8, 4) is 11.5 Å². The predicted octanol–water partition coefficient (Wildman–Crippen LogP) is 3.94. The summed E-state index contributed by atoms with van der Waals surface area (Å²) >= 11 is 0. The zero-order valence-electron chi connectivity index (χ0n) is 19.7. The Hall–Kier alpha value is -4.57. The lowest BCUT2D eigenvalue weighted by Gasteiger charge is -2.29. The highest BCUT2D eigenvalue weighted by atomic mass is 19.1. The summed E-state index contributed by atoms with van der Waals surface area (Å²) in [4.78, 5) is 20.0. The van der Waals surface area contributed by atoms with E-state index in [0.29, 0.717) is 30.4 Å². The molecule has 2 aliphatic heterocycles. The van der Waals surface area contributed by atoms with Crippen molar-refractivity contribution >= 4 is 29.0 Å². The molecule has 0 bridgehead atoms. The number of carbonyl (C=O) groups excluding carboxylic acids is 1. The number of benzodiazepines with no additional fused rings is 1.